The van der Waals surface area contributed by atoms with Gasteiger partial charge in [0.1, 0.15) is 11.6 Å². The molecule has 0 unspecified atom stereocenters. The van der Waals surface area contributed by atoms with Crippen molar-refractivity contribution in [3.8, 4) is 0 Å². The van der Waals surface area contributed by atoms with Gasteiger partial charge in [0.05, 0.1) is 29.1 Å². The van der Waals surface area contributed by atoms with Crippen molar-refractivity contribution in [3.63, 3.8) is 0 Å². The molecule has 3 rings (SSSR count). The fraction of sp³-hybridized carbons (Fsp3) is 0.0500. The maximum atomic E-state index is 13.8. The van der Waals surface area contributed by atoms with Crippen LogP contribution in [-0.2, 0) is 4.74 Å². The van der Waals surface area contributed by atoms with Crippen LogP contribution in [0.25, 0.3) is 0 Å². The van der Waals surface area contributed by atoms with Gasteiger partial charge in [-0.25, -0.2) is 14.2 Å². The summed E-state index contributed by atoms with van der Waals surface area (Å²) in [6.45, 7) is 0. The van der Waals surface area contributed by atoms with E-state index in [1.807, 2.05) is 0 Å². The third-order valence-electron chi connectivity index (χ3n) is 3.79. The summed E-state index contributed by atoms with van der Waals surface area (Å²) in [5.74, 6) is -1.16. The van der Waals surface area contributed by atoms with Crippen molar-refractivity contribution < 1.29 is 18.7 Å². The van der Waals surface area contributed by atoms with E-state index >= 15 is 0 Å². The number of nitrogens with zero attached hydrogens (tertiary/aromatic N) is 1. The zero-order valence-electron chi connectivity index (χ0n) is 14.7. The first-order chi connectivity index (χ1) is 13.5. The molecule has 0 aliphatic rings. The largest absolute Gasteiger partial charge is 0.465 e. The van der Waals surface area contributed by atoms with Crippen LogP contribution in [-0.4, -0.2) is 24.0 Å². The predicted octanol–water partition coefficient (Wildman–Crippen LogP) is 4.66. The number of nitrogens with one attached hydrogen (secondary N) is 2. The Balaban J connectivity index is 1.80. The molecule has 28 heavy (non-hydrogen) atoms. The van der Waals surface area contributed by atoms with Crippen LogP contribution in [0.2, 0.25) is 5.02 Å². The highest BCUT2D eigenvalue weighted by molar-refractivity contribution is 6.34. The maximum absolute atomic E-state index is 13.8. The Morgan fingerprint density at radius 1 is 1.04 bits per heavy atom. The molecule has 2 aromatic carbocycles. The Hall–Kier alpha value is -3.45. The average Bonchev–Trinajstić information content (AvgIpc) is 2.71. The van der Waals surface area contributed by atoms with E-state index < -0.39 is 17.7 Å². The molecule has 0 aliphatic heterocycles. The van der Waals surface area contributed by atoms with Crippen LogP contribution in [0.3, 0.4) is 0 Å². The van der Waals surface area contributed by atoms with Crippen LogP contribution in [0.5, 0.6) is 0 Å². The minimum absolute atomic E-state index is 0.237. The number of hydrogen-bond donors (Lipinski definition) is 2. The normalized spacial score (nSPS) is 10.2. The lowest BCUT2D eigenvalue weighted by Crippen LogP contribution is -2.13. The first-order valence-corrected chi connectivity index (χ1v) is 8.52. The Labute approximate surface area is 165 Å². The van der Waals surface area contributed by atoms with Gasteiger partial charge < -0.3 is 15.4 Å². The molecule has 6 nitrogen and oxygen atoms in total. The topological polar surface area (TPSA) is 80.3 Å². The number of ether oxygens (including phenoxy) is 1. The monoisotopic (exact) mass is 399 g/mol. The molecule has 0 saturated heterocycles. The quantitative estimate of drug-likeness (QED) is 0.610. The zero-order chi connectivity index (χ0) is 20.1. The molecule has 142 valence electrons. The summed E-state index contributed by atoms with van der Waals surface area (Å²) in [5.41, 5.74) is 1.02. The molecule has 0 radical (unpaired) electrons. The molecular formula is C20H15ClFN3O3. The number of carbonyl (C=O) groups excluding carboxylic acids is 2. The van der Waals surface area contributed by atoms with Crippen molar-refractivity contribution in [3.05, 3.63) is 82.8 Å². The van der Waals surface area contributed by atoms with Gasteiger partial charge in [-0.15, -0.1) is 0 Å². The van der Waals surface area contributed by atoms with E-state index in [2.05, 4.69) is 20.4 Å². The van der Waals surface area contributed by atoms with E-state index in [1.165, 1.54) is 49.7 Å². The standard InChI is InChI=1S/C20H15ClFN3O3/c1-28-20(27)13-6-7-14(21)17(10-13)25-19(26)12-8-9-23-18(11-12)24-16-5-3-2-4-15(16)22/h2-11H,1H3,(H,23,24)(H,25,26). The molecule has 1 aromatic heterocycles. The van der Waals surface area contributed by atoms with Gasteiger partial charge in [0, 0.05) is 11.8 Å². The van der Waals surface area contributed by atoms with Gasteiger partial charge in [0.15, 0.2) is 0 Å². The van der Waals surface area contributed by atoms with Crippen molar-refractivity contribution in [2.45, 2.75) is 0 Å². The smallest absolute Gasteiger partial charge is 0.337 e. The number of methoxy groups -OCH3 is 1. The van der Waals surface area contributed by atoms with Gasteiger partial charge in [0.2, 0.25) is 0 Å². The number of carbonyl (C=O) groups is 2. The van der Waals surface area contributed by atoms with Crippen molar-refractivity contribution in [1.82, 2.24) is 4.98 Å². The van der Waals surface area contributed by atoms with Gasteiger partial charge in [0.25, 0.3) is 5.91 Å². The Kier molecular flexibility index (Phi) is 5.86. The number of halogens is 2. The number of esters is 1. The second-order valence-electron chi connectivity index (χ2n) is 5.67. The van der Waals surface area contributed by atoms with Crippen LogP contribution in [0.15, 0.2) is 60.8 Å². The van der Waals surface area contributed by atoms with Crippen LogP contribution >= 0.6 is 11.6 Å². The molecule has 0 fully saturated rings. The van der Waals surface area contributed by atoms with Crippen LogP contribution in [0.1, 0.15) is 20.7 Å². The first kappa shape index (κ1) is 19.3. The SMILES string of the molecule is COC(=O)c1ccc(Cl)c(NC(=O)c2ccnc(Nc3ccccc3F)c2)c1. The molecule has 0 atom stereocenters. The summed E-state index contributed by atoms with van der Waals surface area (Å²) in [4.78, 5) is 28.3. The third kappa shape index (κ3) is 4.44. The summed E-state index contributed by atoms with van der Waals surface area (Å²) in [6.07, 6.45) is 1.42. The lowest BCUT2D eigenvalue weighted by molar-refractivity contribution is 0.0600. The summed E-state index contributed by atoms with van der Waals surface area (Å²) in [6, 6.07) is 13.5. The van der Waals surface area contributed by atoms with Gasteiger partial charge in [-0.1, -0.05) is 23.7 Å². The Morgan fingerprint density at radius 3 is 2.57 bits per heavy atom. The van der Waals surface area contributed by atoms with E-state index in [-0.39, 0.29) is 27.5 Å². The number of benzene rings is 2. The summed E-state index contributed by atoms with van der Waals surface area (Å²) in [5, 5.41) is 5.72. The fourth-order valence-electron chi connectivity index (χ4n) is 2.40. The van der Waals surface area contributed by atoms with Gasteiger partial charge in [-0.05, 0) is 42.5 Å². The Morgan fingerprint density at radius 2 is 1.82 bits per heavy atom. The molecular weight excluding hydrogens is 385 g/mol. The molecule has 0 bridgehead atoms. The average molecular weight is 400 g/mol. The second kappa shape index (κ2) is 8.49. The van der Waals surface area contributed by atoms with Gasteiger partial charge in [-0.3, -0.25) is 4.79 Å². The summed E-state index contributed by atoms with van der Waals surface area (Å²) < 4.78 is 18.4. The first-order valence-electron chi connectivity index (χ1n) is 8.15. The Bertz CT molecular complexity index is 1040. The second-order valence-corrected chi connectivity index (χ2v) is 6.08. The number of anilines is 3. The number of pyridine rings is 1. The summed E-state index contributed by atoms with van der Waals surface area (Å²) in [7, 11) is 1.26. The number of para-hydroxylation sites is 1. The summed E-state index contributed by atoms with van der Waals surface area (Å²) >= 11 is 6.10. The van der Waals surface area contributed by atoms with E-state index in [1.54, 1.807) is 18.2 Å². The van der Waals surface area contributed by atoms with Crippen LogP contribution in [0, 0.1) is 5.82 Å². The zero-order valence-corrected chi connectivity index (χ0v) is 15.5. The van der Waals surface area contributed by atoms with Crippen molar-refractivity contribution in [2.24, 2.45) is 0 Å². The molecule has 0 spiro atoms. The maximum Gasteiger partial charge on any atom is 0.337 e. The van der Waals surface area contributed by atoms with E-state index in [9.17, 15) is 14.0 Å². The highest BCUT2D eigenvalue weighted by atomic mass is 35.5. The highest BCUT2D eigenvalue weighted by Crippen LogP contribution is 2.25. The van der Waals surface area contributed by atoms with Gasteiger partial charge in [-0.2, -0.15) is 0 Å². The van der Waals surface area contributed by atoms with Crippen molar-refractivity contribution in [1.29, 1.82) is 0 Å². The molecule has 1 amide bonds. The number of rotatable bonds is 5. The van der Waals surface area contributed by atoms with E-state index in [0.717, 1.165) is 0 Å². The minimum atomic E-state index is -0.549. The molecule has 2 N–H and O–H groups in total. The molecule has 8 heteroatoms. The lowest BCUT2D eigenvalue weighted by Gasteiger charge is -2.10. The molecule has 0 aliphatic carbocycles. The van der Waals surface area contributed by atoms with Crippen LogP contribution in [0.4, 0.5) is 21.6 Å². The lowest BCUT2D eigenvalue weighted by atomic mass is 10.2. The molecule has 0 saturated carbocycles. The van der Waals surface area contributed by atoms with Gasteiger partial charge >= 0.3 is 5.97 Å². The fourth-order valence-corrected chi connectivity index (χ4v) is 2.57. The number of amides is 1. The molecule has 1 heterocycles. The van der Waals surface area contributed by atoms with E-state index in [0.29, 0.717) is 5.82 Å². The number of aromatic nitrogens is 1. The van der Waals surface area contributed by atoms with Crippen LogP contribution < -0.4 is 10.6 Å². The highest BCUT2D eigenvalue weighted by Gasteiger charge is 2.13. The number of hydrogen-bond acceptors (Lipinski definition) is 5. The minimum Gasteiger partial charge on any atom is -0.465 e. The third-order valence-corrected chi connectivity index (χ3v) is 4.12. The van der Waals surface area contributed by atoms with E-state index in [4.69, 9.17) is 11.6 Å². The predicted molar refractivity (Wildman–Crippen MR) is 105 cm³/mol. The molecule has 3 aromatic rings. The van der Waals surface area contributed by atoms with Crippen molar-refractivity contribution >= 4 is 40.7 Å². The van der Waals surface area contributed by atoms with Crippen molar-refractivity contribution in [2.75, 3.05) is 17.7 Å².